The first-order valence-electron chi connectivity index (χ1n) is 10.7. The lowest BCUT2D eigenvalue weighted by atomic mass is 9.96. The molecule has 1 aromatic carbocycles. The van der Waals surface area contributed by atoms with Crippen LogP contribution in [0.3, 0.4) is 0 Å². The maximum Gasteiger partial charge on any atom is 0.261 e. The highest BCUT2D eigenvalue weighted by Crippen LogP contribution is 2.22. The third kappa shape index (κ3) is 4.38. The molecule has 1 saturated heterocycles. The standard InChI is InChI=1S/C23H27FN4O3/c1-14-19(15(2)31-26-14)6-7-22(29)27-10-8-17(9-11-27)13-28-16(3)25-21-12-18(24)4-5-20(21)23(28)30/h4-5,12,17H,6-11,13H2,1-3H3. The van der Waals surface area contributed by atoms with Gasteiger partial charge >= 0.3 is 0 Å². The van der Waals surface area contributed by atoms with Crippen LogP contribution >= 0.6 is 0 Å². The molecule has 0 aliphatic carbocycles. The van der Waals surface area contributed by atoms with Crippen molar-refractivity contribution in [2.75, 3.05) is 13.1 Å². The summed E-state index contributed by atoms with van der Waals surface area (Å²) in [6.07, 6.45) is 2.75. The summed E-state index contributed by atoms with van der Waals surface area (Å²) in [4.78, 5) is 31.8. The Bertz CT molecular complexity index is 1160. The van der Waals surface area contributed by atoms with E-state index < -0.39 is 5.82 Å². The van der Waals surface area contributed by atoms with E-state index >= 15 is 0 Å². The van der Waals surface area contributed by atoms with E-state index in [1.165, 1.54) is 18.2 Å². The molecule has 0 saturated carbocycles. The van der Waals surface area contributed by atoms with Gasteiger partial charge in [0.2, 0.25) is 5.91 Å². The Morgan fingerprint density at radius 1 is 1.23 bits per heavy atom. The number of rotatable bonds is 5. The Kier molecular flexibility index (Phi) is 5.89. The van der Waals surface area contributed by atoms with Gasteiger partial charge in [-0.3, -0.25) is 14.2 Å². The molecule has 1 fully saturated rings. The van der Waals surface area contributed by atoms with Gasteiger partial charge in [-0.2, -0.15) is 0 Å². The van der Waals surface area contributed by atoms with Gasteiger partial charge in [-0.05, 0) is 58.1 Å². The Balaban J connectivity index is 1.37. The quantitative estimate of drug-likeness (QED) is 0.625. The number of benzene rings is 1. The van der Waals surface area contributed by atoms with E-state index in [1.54, 1.807) is 11.5 Å². The molecular formula is C23H27FN4O3. The molecule has 31 heavy (non-hydrogen) atoms. The van der Waals surface area contributed by atoms with Crippen molar-refractivity contribution in [3.05, 3.63) is 57.2 Å². The van der Waals surface area contributed by atoms with Gasteiger partial charge in [-0.1, -0.05) is 5.16 Å². The van der Waals surface area contributed by atoms with Gasteiger partial charge in [0.05, 0.1) is 16.6 Å². The molecule has 164 valence electrons. The van der Waals surface area contributed by atoms with Crippen LogP contribution in [0.1, 0.15) is 42.1 Å². The van der Waals surface area contributed by atoms with Crippen LogP contribution in [0, 0.1) is 32.5 Å². The van der Waals surface area contributed by atoms with Crippen molar-refractivity contribution in [3.8, 4) is 0 Å². The number of hydrogen-bond acceptors (Lipinski definition) is 5. The second-order valence-corrected chi connectivity index (χ2v) is 8.36. The monoisotopic (exact) mass is 426 g/mol. The number of carbonyl (C=O) groups excluding carboxylic acids is 1. The summed E-state index contributed by atoms with van der Waals surface area (Å²) in [6.45, 7) is 7.47. The molecule has 7 nitrogen and oxygen atoms in total. The molecule has 0 spiro atoms. The van der Waals surface area contributed by atoms with E-state index in [0.29, 0.717) is 55.1 Å². The fourth-order valence-electron chi connectivity index (χ4n) is 4.39. The second-order valence-electron chi connectivity index (χ2n) is 8.36. The lowest BCUT2D eigenvalue weighted by molar-refractivity contribution is -0.132. The molecule has 0 atom stereocenters. The van der Waals surface area contributed by atoms with Crippen molar-refractivity contribution in [1.82, 2.24) is 19.6 Å². The second kappa shape index (κ2) is 8.61. The summed E-state index contributed by atoms with van der Waals surface area (Å²) in [5.74, 6) is 1.39. The van der Waals surface area contributed by atoms with E-state index in [0.717, 1.165) is 29.9 Å². The van der Waals surface area contributed by atoms with Crippen molar-refractivity contribution in [1.29, 1.82) is 0 Å². The summed E-state index contributed by atoms with van der Waals surface area (Å²) in [7, 11) is 0. The van der Waals surface area contributed by atoms with Gasteiger partial charge in [-0.25, -0.2) is 9.37 Å². The third-order valence-electron chi connectivity index (χ3n) is 6.29. The summed E-state index contributed by atoms with van der Waals surface area (Å²) >= 11 is 0. The summed E-state index contributed by atoms with van der Waals surface area (Å²) in [5, 5.41) is 4.37. The minimum absolute atomic E-state index is 0.138. The molecule has 2 aromatic heterocycles. The number of carbonyl (C=O) groups is 1. The van der Waals surface area contributed by atoms with E-state index in [-0.39, 0.29) is 11.5 Å². The number of nitrogens with zero attached hydrogens (tertiary/aromatic N) is 4. The Morgan fingerprint density at radius 2 is 1.97 bits per heavy atom. The number of halogens is 1. The van der Waals surface area contributed by atoms with Crippen molar-refractivity contribution in [2.45, 2.75) is 53.0 Å². The predicted molar refractivity (Wildman–Crippen MR) is 114 cm³/mol. The molecule has 3 aromatic rings. The molecule has 1 aliphatic heterocycles. The first-order valence-corrected chi connectivity index (χ1v) is 10.7. The van der Waals surface area contributed by atoms with Crippen LogP contribution in [0.5, 0.6) is 0 Å². The molecule has 1 amide bonds. The first kappa shape index (κ1) is 21.2. The van der Waals surface area contributed by atoms with E-state index in [1.807, 2.05) is 18.7 Å². The average Bonchev–Trinajstić information content (AvgIpc) is 3.07. The molecule has 1 aliphatic rings. The van der Waals surface area contributed by atoms with Gasteiger partial charge in [0.25, 0.3) is 5.56 Å². The van der Waals surface area contributed by atoms with Gasteiger partial charge in [-0.15, -0.1) is 0 Å². The van der Waals surface area contributed by atoms with Crippen LogP contribution in [0.25, 0.3) is 10.9 Å². The van der Waals surface area contributed by atoms with Gasteiger partial charge in [0.15, 0.2) is 0 Å². The summed E-state index contributed by atoms with van der Waals surface area (Å²) in [6, 6.07) is 4.08. The van der Waals surface area contributed by atoms with Crippen LogP contribution in [-0.2, 0) is 17.8 Å². The molecular weight excluding hydrogens is 399 g/mol. The molecule has 0 unspecified atom stereocenters. The van der Waals surface area contributed by atoms with Gasteiger partial charge in [0, 0.05) is 37.7 Å². The Hall–Kier alpha value is -3.03. The number of hydrogen-bond donors (Lipinski definition) is 0. The zero-order chi connectivity index (χ0) is 22.1. The van der Waals surface area contributed by atoms with E-state index in [9.17, 15) is 14.0 Å². The minimum atomic E-state index is -0.400. The maximum absolute atomic E-state index is 13.5. The number of likely N-dealkylation sites (tertiary alicyclic amines) is 1. The topological polar surface area (TPSA) is 81.2 Å². The van der Waals surface area contributed by atoms with Crippen molar-refractivity contribution in [3.63, 3.8) is 0 Å². The van der Waals surface area contributed by atoms with E-state index in [2.05, 4.69) is 10.1 Å². The van der Waals surface area contributed by atoms with Crippen molar-refractivity contribution in [2.24, 2.45) is 5.92 Å². The molecule has 0 N–H and O–H groups in total. The van der Waals surface area contributed by atoms with Crippen LogP contribution in [0.15, 0.2) is 27.5 Å². The number of aryl methyl sites for hydroxylation is 3. The third-order valence-corrected chi connectivity index (χ3v) is 6.29. The number of piperidine rings is 1. The lowest BCUT2D eigenvalue weighted by Gasteiger charge is -2.32. The molecule has 0 bridgehead atoms. The fourth-order valence-corrected chi connectivity index (χ4v) is 4.39. The van der Waals surface area contributed by atoms with E-state index in [4.69, 9.17) is 4.52 Å². The largest absolute Gasteiger partial charge is 0.361 e. The van der Waals surface area contributed by atoms with Crippen LogP contribution in [0.2, 0.25) is 0 Å². The highest BCUT2D eigenvalue weighted by molar-refractivity contribution is 5.77. The maximum atomic E-state index is 13.5. The SMILES string of the molecule is Cc1noc(C)c1CCC(=O)N1CCC(Cn2c(C)nc3cc(F)ccc3c2=O)CC1. The number of fused-ring (bicyclic) bond motifs is 1. The zero-order valence-corrected chi connectivity index (χ0v) is 18.2. The fraction of sp³-hybridized carbons (Fsp3) is 0.478. The van der Waals surface area contributed by atoms with Crippen molar-refractivity contribution >= 4 is 16.8 Å². The number of amides is 1. The predicted octanol–water partition coefficient (Wildman–Crippen LogP) is 3.32. The highest BCUT2D eigenvalue weighted by atomic mass is 19.1. The Morgan fingerprint density at radius 3 is 2.65 bits per heavy atom. The molecule has 0 radical (unpaired) electrons. The van der Waals surface area contributed by atoms with Crippen LogP contribution < -0.4 is 5.56 Å². The summed E-state index contributed by atoms with van der Waals surface area (Å²) < 4.78 is 20.3. The summed E-state index contributed by atoms with van der Waals surface area (Å²) in [5.41, 5.74) is 2.11. The first-order chi connectivity index (χ1) is 14.8. The average molecular weight is 426 g/mol. The van der Waals surface area contributed by atoms with Crippen molar-refractivity contribution < 1.29 is 13.7 Å². The lowest BCUT2D eigenvalue weighted by Crippen LogP contribution is -2.40. The Labute approximate surface area is 179 Å². The van der Waals surface area contributed by atoms with Gasteiger partial charge in [0.1, 0.15) is 17.4 Å². The highest BCUT2D eigenvalue weighted by Gasteiger charge is 2.24. The van der Waals surface area contributed by atoms with Gasteiger partial charge < -0.3 is 9.42 Å². The zero-order valence-electron chi connectivity index (χ0n) is 18.2. The smallest absolute Gasteiger partial charge is 0.261 e. The molecule has 4 rings (SSSR count). The molecule has 3 heterocycles. The number of aromatic nitrogens is 3. The van der Waals surface area contributed by atoms with Crippen LogP contribution in [0.4, 0.5) is 4.39 Å². The minimum Gasteiger partial charge on any atom is -0.361 e. The normalized spacial score (nSPS) is 15.0. The molecule has 8 heteroatoms. The van der Waals surface area contributed by atoms with Crippen LogP contribution in [-0.4, -0.2) is 38.6 Å².